The molecule has 0 aliphatic rings. The van der Waals surface area contributed by atoms with Gasteiger partial charge in [0.25, 0.3) is 5.56 Å². The van der Waals surface area contributed by atoms with Crippen molar-refractivity contribution < 1.29 is 13.2 Å². The highest BCUT2D eigenvalue weighted by atomic mass is 35.5. The highest BCUT2D eigenvalue weighted by Gasteiger charge is 2.22. The molecule has 2 N–H and O–H groups in total. The third kappa shape index (κ3) is 5.45. The van der Waals surface area contributed by atoms with Gasteiger partial charge in [0.1, 0.15) is 0 Å². The number of sulfone groups is 1. The average Bonchev–Trinajstić information content (AvgIpc) is 2.72. The minimum atomic E-state index is -4.04. The van der Waals surface area contributed by atoms with Gasteiger partial charge in [-0.1, -0.05) is 29.4 Å². The number of H-pyrrole nitrogens is 1. The van der Waals surface area contributed by atoms with E-state index in [0.717, 1.165) is 22.9 Å². The monoisotopic (exact) mass is 481 g/mol. The summed E-state index contributed by atoms with van der Waals surface area (Å²) in [6.07, 6.45) is 2.93. The Bertz CT molecular complexity index is 1230. The fourth-order valence-electron chi connectivity index (χ4n) is 2.40. The lowest BCUT2D eigenvalue weighted by Crippen LogP contribution is -2.20. The first-order chi connectivity index (χ1) is 14.3. The minimum Gasteiger partial charge on any atom is -0.325 e. The molecule has 3 rings (SSSR count). The summed E-state index contributed by atoms with van der Waals surface area (Å²) >= 11 is 8.33. The molecule has 0 aliphatic carbocycles. The molecule has 2 aromatic carbocycles. The fraction of sp³-hybridized carbons (Fsp3) is 0.105. The first-order valence-corrected chi connectivity index (χ1v) is 12.5. The SMILES string of the molecule is CSc1cccc(NC(=O)CSc2ncc(S(=O)(=O)c3ccc(Cl)cc3)c(=O)[nH]2)c1. The van der Waals surface area contributed by atoms with Gasteiger partial charge < -0.3 is 10.3 Å². The van der Waals surface area contributed by atoms with Crippen LogP contribution in [0.3, 0.4) is 0 Å². The fourth-order valence-corrected chi connectivity index (χ4v) is 4.86. The summed E-state index contributed by atoms with van der Waals surface area (Å²) in [5.74, 6) is -0.283. The standard InChI is InChI=1S/C19H16ClN3O4S3/c1-28-14-4-2-3-13(9-14)22-17(24)11-29-19-21-10-16(18(25)23-19)30(26,27)15-7-5-12(20)6-8-15/h2-10H,11H2,1H3,(H,22,24)(H,21,23,25). The molecule has 0 radical (unpaired) electrons. The number of nitrogens with one attached hydrogen (secondary N) is 2. The van der Waals surface area contributed by atoms with Gasteiger partial charge >= 0.3 is 0 Å². The molecule has 156 valence electrons. The Morgan fingerprint density at radius 1 is 1.20 bits per heavy atom. The lowest BCUT2D eigenvalue weighted by Gasteiger charge is -2.07. The second kappa shape index (κ2) is 9.69. The third-order valence-corrected chi connectivity index (χ3v) is 7.48. The van der Waals surface area contributed by atoms with E-state index in [0.29, 0.717) is 10.7 Å². The predicted octanol–water partition coefficient (Wildman–Crippen LogP) is 3.71. The van der Waals surface area contributed by atoms with Crippen LogP contribution in [0.15, 0.2) is 79.4 Å². The van der Waals surface area contributed by atoms with Crippen molar-refractivity contribution in [3.8, 4) is 0 Å². The second-order valence-electron chi connectivity index (χ2n) is 5.91. The second-order valence-corrected chi connectivity index (χ2v) is 10.1. The Balaban J connectivity index is 1.68. The lowest BCUT2D eigenvalue weighted by atomic mass is 10.3. The normalized spacial score (nSPS) is 11.3. The molecule has 0 fully saturated rings. The van der Waals surface area contributed by atoms with E-state index in [-0.39, 0.29) is 21.7 Å². The van der Waals surface area contributed by atoms with Crippen LogP contribution in [-0.4, -0.2) is 36.3 Å². The summed E-state index contributed by atoms with van der Waals surface area (Å²) in [6, 6.07) is 12.9. The summed E-state index contributed by atoms with van der Waals surface area (Å²) < 4.78 is 25.2. The molecule has 3 aromatic rings. The number of hydrogen-bond donors (Lipinski definition) is 2. The van der Waals surface area contributed by atoms with Gasteiger partial charge in [-0.25, -0.2) is 13.4 Å². The number of thioether (sulfide) groups is 2. The Labute approximate surface area is 186 Å². The number of carbonyl (C=O) groups is 1. The molecule has 11 heteroatoms. The molecule has 0 aliphatic heterocycles. The molecule has 1 amide bonds. The number of amides is 1. The summed E-state index contributed by atoms with van der Waals surface area (Å²) in [5, 5.41) is 3.29. The number of hydrogen-bond acceptors (Lipinski definition) is 7. The Hall–Kier alpha value is -2.27. The van der Waals surface area contributed by atoms with Crippen molar-refractivity contribution in [1.29, 1.82) is 0 Å². The Morgan fingerprint density at radius 3 is 2.60 bits per heavy atom. The maximum atomic E-state index is 12.6. The van der Waals surface area contributed by atoms with Crippen molar-refractivity contribution in [3.05, 3.63) is 70.1 Å². The van der Waals surface area contributed by atoms with E-state index in [1.165, 1.54) is 24.3 Å². The zero-order chi connectivity index (χ0) is 21.7. The molecule has 30 heavy (non-hydrogen) atoms. The number of halogens is 1. The van der Waals surface area contributed by atoms with Crippen LogP contribution in [0.4, 0.5) is 5.69 Å². The molecule has 0 saturated heterocycles. The topological polar surface area (TPSA) is 109 Å². The van der Waals surface area contributed by atoms with Gasteiger partial charge in [-0.05, 0) is 48.7 Å². The van der Waals surface area contributed by atoms with Crippen molar-refractivity contribution in [3.63, 3.8) is 0 Å². The highest BCUT2D eigenvalue weighted by Crippen LogP contribution is 2.21. The molecular formula is C19H16ClN3O4S3. The van der Waals surface area contributed by atoms with E-state index in [9.17, 15) is 18.0 Å². The van der Waals surface area contributed by atoms with E-state index < -0.39 is 20.3 Å². The number of carbonyl (C=O) groups excluding carboxylic acids is 1. The van der Waals surface area contributed by atoms with Crippen LogP contribution in [0.1, 0.15) is 0 Å². The number of benzene rings is 2. The van der Waals surface area contributed by atoms with Crippen LogP contribution in [0.25, 0.3) is 0 Å². The largest absolute Gasteiger partial charge is 0.325 e. The molecule has 0 spiro atoms. The van der Waals surface area contributed by atoms with E-state index in [1.807, 2.05) is 24.5 Å². The highest BCUT2D eigenvalue weighted by molar-refractivity contribution is 7.99. The summed E-state index contributed by atoms with van der Waals surface area (Å²) in [5.41, 5.74) is -0.145. The molecular weight excluding hydrogens is 466 g/mol. The van der Waals surface area contributed by atoms with Crippen LogP contribution in [-0.2, 0) is 14.6 Å². The van der Waals surface area contributed by atoms with Gasteiger partial charge in [0.2, 0.25) is 15.7 Å². The molecule has 1 aromatic heterocycles. The maximum Gasteiger partial charge on any atom is 0.270 e. The van der Waals surface area contributed by atoms with Gasteiger partial charge in [-0.2, -0.15) is 0 Å². The van der Waals surface area contributed by atoms with Gasteiger partial charge in [0, 0.05) is 15.6 Å². The van der Waals surface area contributed by atoms with Gasteiger partial charge in [0.05, 0.1) is 16.8 Å². The smallest absolute Gasteiger partial charge is 0.270 e. The first kappa shape index (κ1) is 22.4. The first-order valence-electron chi connectivity index (χ1n) is 8.46. The van der Waals surface area contributed by atoms with E-state index in [4.69, 9.17) is 11.6 Å². The lowest BCUT2D eigenvalue weighted by molar-refractivity contribution is -0.113. The van der Waals surface area contributed by atoms with Crippen molar-refractivity contribution in [2.24, 2.45) is 0 Å². The number of aromatic nitrogens is 2. The van der Waals surface area contributed by atoms with Gasteiger partial charge in [-0.15, -0.1) is 11.8 Å². The molecule has 0 saturated carbocycles. The summed E-state index contributed by atoms with van der Waals surface area (Å²) in [6.45, 7) is 0. The van der Waals surface area contributed by atoms with Gasteiger partial charge in [-0.3, -0.25) is 9.59 Å². The molecule has 0 bridgehead atoms. The van der Waals surface area contributed by atoms with Crippen molar-refractivity contribution in [2.75, 3.05) is 17.3 Å². The van der Waals surface area contributed by atoms with E-state index in [1.54, 1.807) is 17.8 Å². The number of anilines is 1. The Morgan fingerprint density at radius 2 is 1.93 bits per heavy atom. The maximum absolute atomic E-state index is 12.6. The van der Waals surface area contributed by atoms with Crippen molar-refractivity contribution >= 4 is 56.6 Å². The van der Waals surface area contributed by atoms with Gasteiger partial charge in [0.15, 0.2) is 10.1 Å². The van der Waals surface area contributed by atoms with E-state index >= 15 is 0 Å². The quantitative estimate of drug-likeness (QED) is 0.391. The van der Waals surface area contributed by atoms with Crippen LogP contribution in [0.2, 0.25) is 5.02 Å². The number of aromatic amines is 1. The third-order valence-electron chi connectivity index (χ3n) is 3.85. The number of rotatable bonds is 7. The molecule has 7 nitrogen and oxygen atoms in total. The molecule has 0 atom stereocenters. The average molecular weight is 482 g/mol. The minimum absolute atomic E-state index is 0.00425. The van der Waals surface area contributed by atoms with Crippen LogP contribution in [0.5, 0.6) is 0 Å². The summed E-state index contributed by atoms with van der Waals surface area (Å²) in [4.78, 5) is 31.3. The predicted molar refractivity (Wildman–Crippen MR) is 119 cm³/mol. The zero-order valence-corrected chi connectivity index (χ0v) is 18.8. The number of nitrogens with zero attached hydrogens (tertiary/aromatic N) is 1. The molecule has 0 unspecified atom stereocenters. The van der Waals surface area contributed by atoms with Crippen molar-refractivity contribution in [1.82, 2.24) is 9.97 Å². The zero-order valence-electron chi connectivity index (χ0n) is 15.6. The van der Waals surface area contributed by atoms with Crippen LogP contribution in [0, 0.1) is 0 Å². The molecule has 1 heterocycles. The van der Waals surface area contributed by atoms with Crippen LogP contribution < -0.4 is 10.9 Å². The Kier molecular flexibility index (Phi) is 7.24. The van der Waals surface area contributed by atoms with Crippen LogP contribution >= 0.6 is 35.1 Å². The van der Waals surface area contributed by atoms with E-state index in [2.05, 4.69) is 15.3 Å². The van der Waals surface area contributed by atoms with Crippen molar-refractivity contribution in [2.45, 2.75) is 19.8 Å². The summed E-state index contributed by atoms with van der Waals surface area (Å²) in [7, 11) is -4.04.